The van der Waals surface area contributed by atoms with E-state index in [-0.39, 0.29) is 4.83 Å². The van der Waals surface area contributed by atoms with Crippen LogP contribution in [0, 0.1) is 34.6 Å². The summed E-state index contributed by atoms with van der Waals surface area (Å²) in [6.07, 6.45) is 0. The van der Waals surface area contributed by atoms with E-state index in [9.17, 15) is 0 Å². The van der Waals surface area contributed by atoms with E-state index in [0.29, 0.717) is 0 Å². The summed E-state index contributed by atoms with van der Waals surface area (Å²) in [6, 6.07) is 8.38. The molecule has 1 unspecified atom stereocenters. The number of benzene rings is 2. The molecule has 2 heteroatoms. The highest BCUT2D eigenvalue weighted by Crippen LogP contribution is 2.39. The summed E-state index contributed by atoms with van der Waals surface area (Å²) in [5.74, 6) is 0. The van der Waals surface area contributed by atoms with Crippen LogP contribution in [0.15, 0.2) is 24.3 Å². The van der Waals surface area contributed by atoms with Gasteiger partial charge in [0.05, 0.1) is 4.83 Å². The maximum Gasteiger partial charge on any atom is 0.0652 e. The van der Waals surface area contributed by atoms with Crippen LogP contribution in [0.2, 0.25) is 5.02 Å². The molecule has 0 saturated carbocycles. The van der Waals surface area contributed by atoms with Gasteiger partial charge in [-0.1, -0.05) is 39.7 Å². The largest absolute Gasteiger partial charge is 0.0843 e. The molecular formula is C18H20BrCl. The summed E-state index contributed by atoms with van der Waals surface area (Å²) in [6.45, 7) is 10.9. The topological polar surface area (TPSA) is 0 Å². The first-order valence-electron chi connectivity index (χ1n) is 6.80. The summed E-state index contributed by atoms with van der Waals surface area (Å²) >= 11 is 9.96. The van der Waals surface area contributed by atoms with Gasteiger partial charge in [-0.05, 0) is 85.7 Å². The molecule has 0 radical (unpaired) electrons. The minimum absolute atomic E-state index is 0.207. The van der Waals surface area contributed by atoms with Gasteiger partial charge in [-0.25, -0.2) is 0 Å². The normalized spacial score (nSPS) is 12.6. The zero-order valence-corrected chi connectivity index (χ0v) is 15.0. The van der Waals surface area contributed by atoms with Crippen LogP contribution < -0.4 is 0 Å². The molecule has 2 rings (SSSR count). The molecular weight excluding hydrogens is 332 g/mol. The first-order chi connectivity index (χ1) is 9.32. The summed E-state index contributed by atoms with van der Waals surface area (Å²) in [5, 5.41) is 0.791. The van der Waals surface area contributed by atoms with Gasteiger partial charge in [0.25, 0.3) is 0 Å². The molecule has 20 heavy (non-hydrogen) atoms. The molecule has 0 amide bonds. The fourth-order valence-electron chi connectivity index (χ4n) is 2.71. The van der Waals surface area contributed by atoms with Gasteiger partial charge in [0.2, 0.25) is 0 Å². The van der Waals surface area contributed by atoms with E-state index in [0.717, 1.165) is 5.02 Å². The number of hydrogen-bond donors (Lipinski definition) is 0. The Labute approximate surface area is 135 Å². The van der Waals surface area contributed by atoms with Gasteiger partial charge in [-0.15, -0.1) is 0 Å². The van der Waals surface area contributed by atoms with Gasteiger partial charge < -0.3 is 0 Å². The molecule has 0 spiro atoms. The van der Waals surface area contributed by atoms with Crippen molar-refractivity contribution in [3.05, 3.63) is 68.2 Å². The lowest BCUT2D eigenvalue weighted by Crippen LogP contribution is -2.04. The maximum atomic E-state index is 6.07. The number of halogens is 2. The minimum atomic E-state index is 0.207. The predicted octanol–water partition coefficient (Wildman–Crippen LogP) is 6.37. The highest BCUT2D eigenvalue weighted by atomic mass is 79.9. The molecule has 2 aromatic carbocycles. The monoisotopic (exact) mass is 350 g/mol. The summed E-state index contributed by atoms with van der Waals surface area (Å²) in [4.78, 5) is 0.207. The van der Waals surface area contributed by atoms with E-state index < -0.39 is 0 Å². The molecule has 0 bridgehead atoms. The van der Waals surface area contributed by atoms with E-state index >= 15 is 0 Å². The van der Waals surface area contributed by atoms with Crippen LogP contribution in [0.25, 0.3) is 0 Å². The Morgan fingerprint density at radius 2 is 1.40 bits per heavy atom. The van der Waals surface area contributed by atoms with Crippen molar-refractivity contribution in [1.29, 1.82) is 0 Å². The van der Waals surface area contributed by atoms with Crippen molar-refractivity contribution < 1.29 is 0 Å². The summed E-state index contributed by atoms with van der Waals surface area (Å²) in [5.41, 5.74) is 9.31. The molecule has 0 heterocycles. The molecule has 0 saturated heterocycles. The lowest BCUT2D eigenvalue weighted by molar-refractivity contribution is 1.06. The summed E-state index contributed by atoms with van der Waals surface area (Å²) < 4.78 is 0. The molecule has 0 aliphatic rings. The third-order valence-corrected chi connectivity index (χ3v) is 5.37. The third-order valence-electron chi connectivity index (χ3n) is 4.18. The SMILES string of the molecule is Cc1cc(Cl)ccc1C(Br)c1c(C)c(C)cc(C)c1C. The Bertz CT molecular complexity index is 633. The Kier molecular flexibility index (Phi) is 4.61. The van der Waals surface area contributed by atoms with Crippen LogP contribution in [0.5, 0.6) is 0 Å². The van der Waals surface area contributed by atoms with Gasteiger partial charge in [0.15, 0.2) is 0 Å². The minimum Gasteiger partial charge on any atom is -0.0843 e. The first kappa shape index (κ1) is 15.6. The Balaban J connectivity index is 2.62. The molecule has 0 aliphatic heterocycles. The Morgan fingerprint density at radius 1 is 0.850 bits per heavy atom. The highest BCUT2D eigenvalue weighted by Gasteiger charge is 2.19. The first-order valence-corrected chi connectivity index (χ1v) is 8.09. The molecule has 0 N–H and O–H groups in total. The molecule has 1 atom stereocenters. The molecule has 0 nitrogen and oxygen atoms in total. The van der Waals surface area contributed by atoms with Gasteiger partial charge in [0, 0.05) is 5.02 Å². The zero-order chi connectivity index (χ0) is 15.0. The molecule has 0 fully saturated rings. The Morgan fingerprint density at radius 3 is 1.90 bits per heavy atom. The zero-order valence-electron chi connectivity index (χ0n) is 12.6. The fourth-order valence-corrected chi connectivity index (χ4v) is 4.13. The summed E-state index contributed by atoms with van der Waals surface area (Å²) in [7, 11) is 0. The van der Waals surface area contributed by atoms with Crippen molar-refractivity contribution in [2.75, 3.05) is 0 Å². The van der Waals surface area contributed by atoms with Crippen molar-refractivity contribution in [3.8, 4) is 0 Å². The van der Waals surface area contributed by atoms with Gasteiger partial charge >= 0.3 is 0 Å². The van der Waals surface area contributed by atoms with Crippen molar-refractivity contribution >= 4 is 27.5 Å². The van der Waals surface area contributed by atoms with Crippen LogP contribution >= 0.6 is 27.5 Å². The number of alkyl halides is 1. The maximum absolute atomic E-state index is 6.07. The number of rotatable bonds is 2. The van der Waals surface area contributed by atoms with Crippen LogP contribution in [-0.4, -0.2) is 0 Å². The second-order valence-electron chi connectivity index (χ2n) is 5.54. The lowest BCUT2D eigenvalue weighted by Gasteiger charge is -2.21. The van der Waals surface area contributed by atoms with E-state index in [4.69, 9.17) is 11.6 Å². The van der Waals surface area contributed by atoms with Gasteiger partial charge in [-0.2, -0.15) is 0 Å². The molecule has 0 aliphatic carbocycles. The predicted molar refractivity (Wildman–Crippen MR) is 92.3 cm³/mol. The molecule has 2 aromatic rings. The van der Waals surface area contributed by atoms with Crippen molar-refractivity contribution in [2.24, 2.45) is 0 Å². The average Bonchev–Trinajstić information content (AvgIpc) is 2.36. The van der Waals surface area contributed by atoms with Crippen LogP contribution in [0.4, 0.5) is 0 Å². The third kappa shape index (κ3) is 2.80. The van der Waals surface area contributed by atoms with Crippen LogP contribution in [-0.2, 0) is 0 Å². The average molecular weight is 352 g/mol. The lowest BCUT2D eigenvalue weighted by atomic mass is 9.89. The number of aryl methyl sites for hydroxylation is 3. The van der Waals surface area contributed by atoms with E-state index in [1.807, 2.05) is 12.1 Å². The smallest absolute Gasteiger partial charge is 0.0652 e. The second kappa shape index (κ2) is 5.91. The quantitative estimate of drug-likeness (QED) is 0.552. The van der Waals surface area contributed by atoms with Crippen molar-refractivity contribution in [1.82, 2.24) is 0 Å². The standard InChI is InChI=1S/C18H20BrCl/c1-10-8-11(2)14(5)17(13(10)4)18(19)16-7-6-15(20)9-12(16)3/h6-9,18H,1-5H3. The van der Waals surface area contributed by atoms with Crippen LogP contribution in [0.1, 0.15) is 43.8 Å². The van der Waals surface area contributed by atoms with Gasteiger partial charge in [0.1, 0.15) is 0 Å². The van der Waals surface area contributed by atoms with Crippen molar-refractivity contribution in [2.45, 2.75) is 39.4 Å². The number of hydrogen-bond acceptors (Lipinski definition) is 0. The van der Waals surface area contributed by atoms with Crippen molar-refractivity contribution in [3.63, 3.8) is 0 Å². The van der Waals surface area contributed by atoms with Crippen LogP contribution in [0.3, 0.4) is 0 Å². The van der Waals surface area contributed by atoms with E-state index in [2.05, 4.69) is 62.7 Å². The van der Waals surface area contributed by atoms with Gasteiger partial charge in [-0.3, -0.25) is 0 Å². The molecule has 0 aromatic heterocycles. The second-order valence-corrected chi connectivity index (χ2v) is 6.89. The molecule has 106 valence electrons. The van der Waals surface area contributed by atoms with E-state index in [1.165, 1.54) is 38.9 Å². The fraction of sp³-hybridized carbons (Fsp3) is 0.333. The van der Waals surface area contributed by atoms with E-state index in [1.54, 1.807) is 0 Å². The Hall–Kier alpha value is -0.790. The highest BCUT2D eigenvalue weighted by molar-refractivity contribution is 9.09.